The van der Waals surface area contributed by atoms with Gasteiger partial charge in [-0.05, 0) is 48.6 Å². The van der Waals surface area contributed by atoms with Crippen LogP contribution in [0.1, 0.15) is 68.5 Å². The first-order valence-electron chi connectivity index (χ1n) is 8.26. The number of hydrogen-bond donors (Lipinski definition) is 2. The van der Waals surface area contributed by atoms with E-state index < -0.39 is 0 Å². The second-order valence-corrected chi connectivity index (χ2v) is 6.68. The fourth-order valence-electron chi connectivity index (χ4n) is 3.94. The zero-order valence-electron chi connectivity index (χ0n) is 12.5. The second kappa shape index (κ2) is 6.28. The maximum atomic E-state index is 10.1. The Kier molecular flexibility index (Phi) is 4.42. The van der Waals surface area contributed by atoms with Crippen LogP contribution in [0.5, 0.6) is 0 Å². The van der Waals surface area contributed by atoms with Gasteiger partial charge in [0.1, 0.15) is 0 Å². The summed E-state index contributed by atoms with van der Waals surface area (Å²) in [4.78, 5) is 0. The van der Waals surface area contributed by atoms with E-state index in [0.29, 0.717) is 17.9 Å². The van der Waals surface area contributed by atoms with Crippen molar-refractivity contribution in [3.05, 3.63) is 35.4 Å². The molecule has 2 heteroatoms. The zero-order chi connectivity index (χ0) is 13.9. The van der Waals surface area contributed by atoms with Crippen molar-refractivity contribution in [2.45, 2.75) is 63.5 Å². The van der Waals surface area contributed by atoms with Crippen molar-refractivity contribution in [1.82, 2.24) is 5.32 Å². The molecule has 0 spiro atoms. The van der Waals surface area contributed by atoms with Crippen LogP contribution in [0, 0.1) is 5.92 Å². The average molecular weight is 273 g/mol. The maximum Gasteiger partial charge on any atom is 0.0580 e. The molecule has 4 atom stereocenters. The first-order chi connectivity index (χ1) is 9.75. The van der Waals surface area contributed by atoms with E-state index in [1.54, 1.807) is 0 Å². The molecular weight excluding hydrogens is 246 g/mol. The van der Waals surface area contributed by atoms with Crippen molar-refractivity contribution >= 4 is 0 Å². The van der Waals surface area contributed by atoms with E-state index >= 15 is 0 Å². The molecule has 3 rings (SSSR count). The summed E-state index contributed by atoms with van der Waals surface area (Å²) in [6.07, 6.45) is 7.05. The third-order valence-electron chi connectivity index (χ3n) is 5.29. The van der Waals surface area contributed by atoms with Crippen LogP contribution in [-0.2, 0) is 0 Å². The summed E-state index contributed by atoms with van der Waals surface area (Å²) in [7, 11) is 0. The first kappa shape index (κ1) is 14.1. The molecule has 1 fully saturated rings. The Bertz CT molecular complexity index is 445. The summed E-state index contributed by atoms with van der Waals surface area (Å²) >= 11 is 0. The number of fused-ring (bicyclic) bond motifs is 1. The molecule has 2 N–H and O–H groups in total. The van der Waals surface area contributed by atoms with Crippen LogP contribution >= 0.6 is 0 Å². The lowest BCUT2D eigenvalue weighted by Crippen LogP contribution is -2.36. The van der Waals surface area contributed by atoms with Crippen LogP contribution in [0.2, 0.25) is 0 Å². The van der Waals surface area contributed by atoms with E-state index in [1.807, 2.05) is 0 Å². The third kappa shape index (κ3) is 2.91. The van der Waals surface area contributed by atoms with Gasteiger partial charge in [0.15, 0.2) is 0 Å². The highest BCUT2D eigenvalue weighted by Gasteiger charge is 2.27. The minimum Gasteiger partial charge on any atom is -0.393 e. The Balaban J connectivity index is 1.65. The Morgan fingerprint density at radius 1 is 1.05 bits per heavy atom. The Labute approximate surface area is 122 Å². The molecule has 1 aromatic carbocycles. The molecule has 0 aromatic heterocycles. The summed E-state index contributed by atoms with van der Waals surface area (Å²) < 4.78 is 0. The monoisotopic (exact) mass is 273 g/mol. The molecule has 0 bridgehead atoms. The fraction of sp³-hybridized carbons (Fsp3) is 0.667. The highest BCUT2D eigenvalue weighted by Crippen LogP contribution is 2.37. The molecular formula is C18H27NO. The summed E-state index contributed by atoms with van der Waals surface area (Å²) in [5, 5.41) is 13.8. The van der Waals surface area contributed by atoms with Gasteiger partial charge in [-0.1, -0.05) is 44.0 Å². The molecule has 4 unspecified atom stereocenters. The molecule has 0 amide bonds. The van der Waals surface area contributed by atoms with Gasteiger partial charge in [-0.15, -0.1) is 0 Å². The van der Waals surface area contributed by atoms with Crippen molar-refractivity contribution in [3.63, 3.8) is 0 Å². The Morgan fingerprint density at radius 2 is 1.80 bits per heavy atom. The van der Waals surface area contributed by atoms with Gasteiger partial charge in [0, 0.05) is 12.6 Å². The highest BCUT2D eigenvalue weighted by molar-refractivity contribution is 5.34. The molecule has 2 aliphatic rings. The fourth-order valence-corrected chi connectivity index (χ4v) is 3.94. The SMILES string of the molecule is CC1CCC(NCC2CCCCC2O)c2ccccc21. The number of aliphatic hydroxyl groups is 1. The van der Waals surface area contributed by atoms with E-state index in [9.17, 15) is 5.11 Å². The van der Waals surface area contributed by atoms with Gasteiger partial charge < -0.3 is 10.4 Å². The molecule has 1 aromatic rings. The predicted molar refractivity (Wildman–Crippen MR) is 82.8 cm³/mol. The number of benzene rings is 1. The number of nitrogens with one attached hydrogen (secondary N) is 1. The molecule has 0 saturated heterocycles. The van der Waals surface area contributed by atoms with Crippen LogP contribution in [0.15, 0.2) is 24.3 Å². The van der Waals surface area contributed by atoms with Crippen LogP contribution in [0.25, 0.3) is 0 Å². The standard InChI is InChI=1S/C18H27NO/c1-13-10-11-17(16-8-4-3-7-15(13)16)19-12-14-6-2-5-9-18(14)20/h3-4,7-8,13-14,17-20H,2,5-6,9-12H2,1H3. The van der Waals surface area contributed by atoms with Crippen molar-refractivity contribution in [2.24, 2.45) is 5.92 Å². The average Bonchev–Trinajstić information content (AvgIpc) is 2.48. The summed E-state index contributed by atoms with van der Waals surface area (Å²) in [5.74, 6) is 1.14. The van der Waals surface area contributed by atoms with Crippen LogP contribution in [-0.4, -0.2) is 17.8 Å². The third-order valence-corrected chi connectivity index (χ3v) is 5.29. The van der Waals surface area contributed by atoms with E-state index in [0.717, 1.165) is 13.0 Å². The molecule has 1 saturated carbocycles. The van der Waals surface area contributed by atoms with Crippen molar-refractivity contribution in [3.8, 4) is 0 Å². The van der Waals surface area contributed by atoms with Crippen LogP contribution < -0.4 is 5.32 Å². The summed E-state index contributed by atoms with van der Waals surface area (Å²) in [5.41, 5.74) is 3.00. The predicted octanol–water partition coefficient (Wildman–Crippen LogP) is 3.77. The van der Waals surface area contributed by atoms with E-state index in [2.05, 4.69) is 36.5 Å². The van der Waals surface area contributed by atoms with Crippen molar-refractivity contribution < 1.29 is 5.11 Å². The minimum atomic E-state index is -0.0889. The lowest BCUT2D eigenvalue weighted by Gasteiger charge is -2.33. The quantitative estimate of drug-likeness (QED) is 0.878. The smallest absolute Gasteiger partial charge is 0.0580 e. The van der Waals surface area contributed by atoms with E-state index in [4.69, 9.17) is 0 Å². The number of rotatable bonds is 3. The molecule has 110 valence electrons. The van der Waals surface area contributed by atoms with Gasteiger partial charge >= 0.3 is 0 Å². The largest absolute Gasteiger partial charge is 0.393 e. The number of hydrogen-bond acceptors (Lipinski definition) is 2. The van der Waals surface area contributed by atoms with Gasteiger partial charge in [0.25, 0.3) is 0 Å². The van der Waals surface area contributed by atoms with Crippen molar-refractivity contribution in [1.29, 1.82) is 0 Å². The van der Waals surface area contributed by atoms with Gasteiger partial charge in [-0.2, -0.15) is 0 Å². The molecule has 0 aliphatic heterocycles. The van der Waals surface area contributed by atoms with Crippen LogP contribution in [0.3, 0.4) is 0 Å². The number of aliphatic hydroxyl groups excluding tert-OH is 1. The molecule has 20 heavy (non-hydrogen) atoms. The topological polar surface area (TPSA) is 32.3 Å². The first-order valence-corrected chi connectivity index (χ1v) is 8.26. The zero-order valence-corrected chi connectivity index (χ0v) is 12.5. The minimum absolute atomic E-state index is 0.0889. The van der Waals surface area contributed by atoms with Crippen LogP contribution in [0.4, 0.5) is 0 Å². The van der Waals surface area contributed by atoms with Gasteiger partial charge in [-0.25, -0.2) is 0 Å². The molecule has 2 aliphatic carbocycles. The second-order valence-electron chi connectivity index (χ2n) is 6.68. The molecule has 0 radical (unpaired) electrons. The van der Waals surface area contributed by atoms with E-state index in [-0.39, 0.29) is 6.10 Å². The lowest BCUT2D eigenvalue weighted by atomic mass is 9.80. The van der Waals surface area contributed by atoms with Gasteiger partial charge in [0.2, 0.25) is 0 Å². The van der Waals surface area contributed by atoms with Crippen molar-refractivity contribution in [2.75, 3.05) is 6.54 Å². The molecule has 0 heterocycles. The lowest BCUT2D eigenvalue weighted by molar-refractivity contribution is 0.0676. The highest BCUT2D eigenvalue weighted by atomic mass is 16.3. The summed E-state index contributed by atoms with van der Waals surface area (Å²) in [6, 6.07) is 9.35. The molecule has 2 nitrogen and oxygen atoms in total. The van der Waals surface area contributed by atoms with Gasteiger partial charge in [0.05, 0.1) is 6.10 Å². The maximum absolute atomic E-state index is 10.1. The van der Waals surface area contributed by atoms with E-state index in [1.165, 1.54) is 43.2 Å². The van der Waals surface area contributed by atoms with Gasteiger partial charge in [-0.3, -0.25) is 0 Å². The normalized spacial score (nSPS) is 33.7. The Hall–Kier alpha value is -0.860. The Morgan fingerprint density at radius 3 is 2.60 bits per heavy atom. The summed E-state index contributed by atoms with van der Waals surface area (Å²) in [6.45, 7) is 3.30.